The van der Waals surface area contributed by atoms with Crippen molar-refractivity contribution < 1.29 is 83.0 Å². The Morgan fingerprint density at radius 3 is 1.61 bits per heavy atom. The van der Waals surface area contributed by atoms with Gasteiger partial charge in [-0.05, 0) is 116 Å². The van der Waals surface area contributed by atoms with Crippen molar-refractivity contribution >= 4 is 88.0 Å². The number of urea groups is 1. The van der Waals surface area contributed by atoms with E-state index in [9.17, 15) is 73.2 Å². The fraction of sp³-hybridized carbons (Fsp3) is 0.408. The average molecular weight is 1150 g/mol. The van der Waals surface area contributed by atoms with Gasteiger partial charge in [0.1, 0.15) is 36.0 Å². The van der Waals surface area contributed by atoms with Crippen molar-refractivity contribution in [1.82, 2.24) is 37.2 Å². The molecule has 3 aromatic rings. The Kier molecular flexibility index (Phi) is 25.8. The van der Waals surface area contributed by atoms with E-state index in [1.807, 2.05) is 22.6 Å². The number of benzene rings is 3. The van der Waals surface area contributed by atoms with Gasteiger partial charge < -0.3 is 67.5 Å². The molecule has 0 saturated heterocycles. The number of ether oxygens (including phenoxy) is 1. The van der Waals surface area contributed by atoms with E-state index in [1.54, 1.807) is 49.4 Å². The fourth-order valence-electron chi connectivity index (χ4n) is 6.96. The molecule has 400 valence electrons. The molecule has 0 bridgehead atoms. The maximum atomic E-state index is 13.5. The molecule has 0 aliphatic rings. The number of halogens is 1. The molecule has 0 aromatic heterocycles. The molecule has 25 heteroatoms. The van der Waals surface area contributed by atoms with E-state index in [1.165, 1.54) is 36.4 Å². The summed E-state index contributed by atoms with van der Waals surface area (Å²) in [6.45, 7) is 1.15. The van der Waals surface area contributed by atoms with E-state index < -0.39 is 134 Å². The van der Waals surface area contributed by atoms with Gasteiger partial charge >= 0.3 is 35.9 Å². The van der Waals surface area contributed by atoms with E-state index in [-0.39, 0.29) is 56.4 Å². The number of nitrogens with one attached hydrogen (secondary N) is 7. The first kappa shape index (κ1) is 60.5. The minimum atomic E-state index is -1.62. The molecule has 0 fully saturated rings. The van der Waals surface area contributed by atoms with Crippen LogP contribution in [0.3, 0.4) is 0 Å². The number of carbonyl (C=O) groups is 11. The molecule has 12 N–H and O–H groups in total. The Labute approximate surface area is 438 Å². The number of aliphatic carboxylic acids is 5. The van der Waals surface area contributed by atoms with Crippen molar-refractivity contribution in [3.8, 4) is 5.75 Å². The van der Waals surface area contributed by atoms with Crippen molar-refractivity contribution in [1.29, 1.82) is 0 Å². The van der Waals surface area contributed by atoms with E-state index in [0.29, 0.717) is 12.0 Å². The third-order valence-corrected chi connectivity index (χ3v) is 11.6. The SMILES string of the molecule is C[C@H](CCC(=O)O)NC(=O)N[C@@H](CCCCNC(=O)[C@H](Cc1ccccc1)NC(=O)COc1ccc(C[C@H](NC(=O)[C@H](CCC(=O)O)NC(=O)[C@H](CCC(=O)O)NC(=O)c2ccc(I)cc2)C(=O)O)cc1)C(=O)O. The standard InChI is InChI=1S/C49H60IN7O17/c1-28(10-21-40(59)60)52-49(73)57-36(47(69)70)9-5-6-24-51-44(66)37(25-29-7-3-2-4-8-29)53-39(58)27-74-33-17-11-30(12-18-33)26-38(48(71)72)56-46(68)35(20-23-42(63)64)55-45(67)34(19-22-41(61)62)54-43(65)31-13-15-32(50)16-14-31/h2-4,7-8,11-18,28,34-38H,5-6,9-10,19-27H2,1H3,(H,51,66)(H,53,58)(H,54,65)(H,55,67)(H,56,68)(H,59,60)(H,61,62)(H,63,64)(H,69,70)(H,71,72)(H2,52,57,73)/t28-,34+,35+,36+,37+,38+/m1/s1. The van der Waals surface area contributed by atoms with Crippen LogP contribution in [0.5, 0.6) is 5.75 Å². The third-order valence-electron chi connectivity index (χ3n) is 10.9. The predicted octanol–water partition coefficient (Wildman–Crippen LogP) is 1.81. The van der Waals surface area contributed by atoms with Gasteiger partial charge in [-0.25, -0.2) is 14.4 Å². The zero-order chi connectivity index (χ0) is 54.7. The molecule has 7 amide bonds. The van der Waals surface area contributed by atoms with Crippen LogP contribution >= 0.6 is 22.6 Å². The first-order valence-corrected chi connectivity index (χ1v) is 24.4. The van der Waals surface area contributed by atoms with Gasteiger partial charge in [0.25, 0.3) is 11.8 Å². The normalized spacial score (nSPS) is 13.2. The van der Waals surface area contributed by atoms with Crippen LogP contribution in [0, 0.1) is 3.57 Å². The Balaban J connectivity index is 1.59. The summed E-state index contributed by atoms with van der Waals surface area (Å²) in [5.74, 6) is -10.3. The Morgan fingerprint density at radius 2 is 1.04 bits per heavy atom. The van der Waals surface area contributed by atoms with Crippen molar-refractivity contribution in [3.63, 3.8) is 0 Å². The van der Waals surface area contributed by atoms with Gasteiger partial charge in [0, 0.05) is 53.8 Å². The second-order valence-electron chi connectivity index (χ2n) is 16.9. The average Bonchev–Trinajstić information content (AvgIpc) is 3.34. The Bertz CT molecular complexity index is 2430. The highest BCUT2D eigenvalue weighted by Gasteiger charge is 2.31. The number of amides is 7. The molecule has 0 radical (unpaired) electrons. The zero-order valence-corrected chi connectivity index (χ0v) is 42.3. The minimum Gasteiger partial charge on any atom is -0.484 e. The van der Waals surface area contributed by atoms with Gasteiger partial charge in [0.2, 0.25) is 17.7 Å². The van der Waals surface area contributed by atoms with Crippen LogP contribution in [-0.2, 0) is 56.0 Å². The zero-order valence-electron chi connectivity index (χ0n) is 40.2. The van der Waals surface area contributed by atoms with Gasteiger partial charge in [0.15, 0.2) is 6.61 Å². The summed E-state index contributed by atoms with van der Waals surface area (Å²) in [6.07, 6.45) is -1.68. The number of carboxylic acid groups (broad SMARTS) is 5. The molecule has 3 aromatic carbocycles. The number of hydrogen-bond acceptors (Lipinski definition) is 12. The largest absolute Gasteiger partial charge is 0.484 e. The molecule has 0 saturated carbocycles. The first-order valence-electron chi connectivity index (χ1n) is 23.3. The van der Waals surface area contributed by atoms with Gasteiger partial charge in [0.05, 0.1) is 0 Å². The molecule has 0 heterocycles. The van der Waals surface area contributed by atoms with E-state index in [2.05, 4.69) is 37.2 Å². The van der Waals surface area contributed by atoms with Crippen LogP contribution < -0.4 is 42.0 Å². The summed E-state index contributed by atoms with van der Waals surface area (Å²) in [6, 6.07) is 12.5. The molecule has 0 unspecified atom stereocenters. The van der Waals surface area contributed by atoms with E-state index >= 15 is 0 Å². The molecule has 0 spiro atoms. The van der Waals surface area contributed by atoms with Gasteiger partial charge in [-0.2, -0.15) is 0 Å². The van der Waals surface area contributed by atoms with Crippen molar-refractivity contribution in [2.75, 3.05) is 13.2 Å². The van der Waals surface area contributed by atoms with Gasteiger partial charge in [-0.1, -0.05) is 42.5 Å². The second-order valence-corrected chi connectivity index (χ2v) is 18.2. The first-order chi connectivity index (χ1) is 35.1. The molecule has 3 rings (SSSR count). The van der Waals surface area contributed by atoms with Crippen LogP contribution in [0.2, 0.25) is 0 Å². The molecular formula is C49H60IN7O17. The summed E-state index contributed by atoms with van der Waals surface area (Å²) >= 11 is 2.02. The van der Waals surface area contributed by atoms with Gasteiger partial charge in [-0.15, -0.1) is 0 Å². The summed E-state index contributed by atoms with van der Waals surface area (Å²) < 4.78 is 6.45. The monoisotopic (exact) mass is 1150 g/mol. The number of unbranched alkanes of at least 4 members (excludes halogenated alkanes) is 1. The summed E-state index contributed by atoms with van der Waals surface area (Å²) in [5.41, 5.74) is 1.25. The van der Waals surface area contributed by atoms with Gasteiger partial charge in [-0.3, -0.25) is 38.4 Å². The third kappa shape index (κ3) is 23.6. The Hall–Kier alpha value is -7.84. The van der Waals surface area contributed by atoms with Crippen LogP contribution in [0.25, 0.3) is 0 Å². The molecule has 24 nitrogen and oxygen atoms in total. The highest BCUT2D eigenvalue weighted by Crippen LogP contribution is 2.15. The van der Waals surface area contributed by atoms with Crippen LogP contribution in [0.15, 0.2) is 78.9 Å². The molecule has 0 aliphatic carbocycles. The fourth-order valence-corrected chi connectivity index (χ4v) is 7.32. The highest BCUT2D eigenvalue weighted by molar-refractivity contribution is 14.1. The van der Waals surface area contributed by atoms with Crippen molar-refractivity contribution in [3.05, 3.63) is 99.1 Å². The predicted molar refractivity (Wildman–Crippen MR) is 270 cm³/mol. The molecular weight excluding hydrogens is 1090 g/mol. The van der Waals surface area contributed by atoms with Crippen molar-refractivity contribution in [2.24, 2.45) is 0 Å². The minimum absolute atomic E-state index is 0.0268. The lowest BCUT2D eigenvalue weighted by molar-refractivity contribution is -0.143. The number of hydrogen-bond donors (Lipinski definition) is 12. The smallest absolute Gasteiger partial charge is 0.326 e. The maximum absolute atomic E-state index is 13.5. The lowest BCUT2D eigenvalue weighted by Crippen LogP contribution is -2.56. The van der Waals surface area contributed by atoms with Crippen LogP contribution in [0.4, 0.5) is 4.79 Å². The maximum Gasteiger partial charge on any atom is 0.326 e. The van der Waals surface area contributed by atoms with E-state index in [4.69, 9.17) is 9.84 Å². The van der Waals surface area contributed by atoms with Crippen molar-refractivity contribution in [2.45, 2.75) is 114 Å². The van der Waals surface area contributed by atoms with E-state index in [0.717, 1.165) is 9.13 Å². The number of carboxylic acids is 5. The van der Waals surface area contributed by atoms with Crippen LogP contribution in [0.1, 0.15) is 86.2 Å². The number of carbonyl (C=O) groups excluding carboxylic acids is 6. The number of rotatable bonds is 33. The summed E-state index contributed by atoms with van der Waals surface area (Å²) in [5, 5.41) is 64.4. The summed E-state index contributed by atoms with van der Waals surface area (Å²) in [7, 11) is 0. The highest BCUT2D eigenvalue weighted by atomic mass is 127. The van der Waals surface area contributed by atoms with Crippen LogP contribution in [-0.4, -0.2) is 140 Å². The molecule has 6 atom stereocenters. The molecule has 74 heavy (non-hydrogen) atoms. The lowest BCUT2D eigenvalue weighted by atomic mass is 10.0. The molecule has 0 aliphatic heterocycles. The summed E-state index contributed by atoms with van der Waals surface area (Å²) in [4.78, 5) is 136. The lowest BCUT2D eigenvalue weighted by Gasteiger charge is -2.24. The Morgan fingerprint density at radius 1 is 0.514 bits per heavy atom. The topological polar surface area (TPSA) is 382 Å². The second kappa shape index (κ2) is 31.6. The quantitative estimate of drug-likeness (QED) is 0.0306.